The van der Waals surface area contributed by atoms with E-state index in [1.54, 1.807) is 0 Å². The average molecular weight is 284 g/mol. The van der Waals surface area contributed by atoms with Crippen LogP contribution in [0.5, 0.6) is 0 Å². The molecule has 0 radical (unpaired) electrons. The molecule has 4 rings (SSSR count). The van der Waals surface area contributed by atoms with Gasteiger partial charge in [0.25, 0.3) is 0 Å². The molecule has 2 atom stereocenters. The first-order valence-corrected chi connectivity index (χ1v) is 7.96. The number of carbonyl (C=O) groups excluding carboxylic acids is 2. The predicted octanol–water partition coefficient (Wildman–Crippen LogP) is 2.01. The summed E-state index contributed by atoms with van der Waals surface area (Å²) in [5.74, 6) is -0.0790. The second kappa shape index (κ2) is 4.95. The van der Waals surface area contributed by atoms with E-state index < -0.39 is 0 Å². The zero-order valence-corrected chi connectivity index (χ0v) is 12.1. The van der Waals surface area contributed by atoms with Crippen LogP contribution in [-0.4, -0.2) is 18.4 Å². The summed E-state index contributed by atoms with van der Waals surface area (Å²) in [5.41, 5.74) is 3.22. The van der Waals surface area contributed by atoms with Crippen molar-refractivity contribution in [2.45, 2.75) is 38.6 Å². The van der Waals surface area contributed by atoms with Gasteiger partial charge in [0.05, 0.1) is 17.5 Å². The molecular formula is C17H20N2O2. The van der Waals surface area contributed by atoms with Crippen LogP contribution >= 0.6 is 0 Å². The minimum Gasteiger partial charge on any atom is -0.312 e. The number of rotatable bonds is 1. The lowest BCUT2D eigenvalue weighted by molar-refractivity contribution is -0.122. The molecule has 3 aliphatic rings. The molecule has 1 aromatic carbocycles. The minimum absolute atomic E-state index is 0.0312. The number of amides is 2. The van der Waals surface area contributed by atoms with Crippen molar-refractivity contribution in [2.75, 3.05) is 11.4 Å². The lowest BCUT2D eigenvalue weighted by atomic mass is 9.81. The van der Waals surface area contributed by atoms with Crippen LogP contribution < -0.4 is 10.2 Å². The van der Waals surface area contributed by atoms with Gasteiger partial charge in [-0.2, -0.15) is 0 Å². The van der Waals surface area contributed by atoms with Gasteiger partial charge in [0.15, 0.2) is 0 Å². The third kappa shape index (κ3) is 1.93. The first kappa shape index (κ1) is 13.0. The summed E-state index contributed by atoms with van der Waals surface area (Å²) in [6, 6.07) is 6.01. The van der Waals surface area contributed by atoms with Gasteiger partial charge in [0.1, 0.15) is 0 Å². The van der Waals surface area contributed by atoms with Crippen molar-refractivity contribution in [3.8, 4) is 0 Å². The zero-order chi connectivity index (χ0) is 14.4. The van der Waals surface area contributed by atoms with Gasteiger partial charge < -0.3 is 5.32 Å². The lowest BCUT2D eigenvalue weighted by Crippen LogP contribution is -2.34. The number of imide groups is 1. The fourth-order valence-electron chi connectivity index (χ4n) is 4.11. The van der Waals surface area contributed by atoms with Crippen molar-refractivity contribution in [3.63, 3.8) is 0 Å². The quantitative estimate of drug-likeness (QED) is 0.803. The van der Waals surface area contributed by atoms with E-state index in [9.17, 15) is 9.59 Å². The maximum Gasteiger partial charge on any atom is 0.237 e. The second-order valence-electron chi connectivity index (χ2n) is 6.35. The van der Waals surface area contributed by atoms with Crippen molar-refractivity contribution >= 4 is 17.5 Å². The molecule has 2 fully saturated rings. The predicted molar refractivity (Wildman–Crippen MR) is 79.8 cm³/mol. The van der Waals surface area contributed by atoms with E-state index in [4.69, 9.17) is 0 Å². The van der Waals surface area contributed by atoms with E-state index in [0.717, 1.165) is 56.4 Å². The maximum atomic E-state index is 12.7. The monoisotopic (exact) mass is 284 g/mol. The van der Waals surface area contributed by atoms with Crippen LogP contribution in [0.15, 0.2) is 18.2 Å². The number of anilines is 1. The molecule has 0 bridgehead atoms. The molecule has 4 heteroatoms. The largest absolute Gasteiger partial charge is 0.312 e. The van der Waals surface area contributed by atoms with Crippen LogP contribution in [0.25, 0.3) is 0 Å². The third-order valence-corrected chi connectivity index (χ3v) is 5.20. The van der Waals surface area contributed by atoms with Gasteiger partial charge in [0, 0.05) is 6.54 Å². The van der Waals surface area contributed by atoms with E-state index >= 15 is 0 Å². The van der Waals surface area contributed by atoms with E-state index in [0.29, 0.717) is 0 Å². The van der Waals surface area contributed by atoms with Crippen LogP contribution in [0.1, 0.15) is 36.8 Å². The molecule has 1 N–H and O–H groups in total. The second-order valence-corrected chi connectivity index (χ2v) is 6.35. The van der Waals surface area contributed by atoms with Crippen LogP contribution in [-0.2, 0) is 22.6 Å². The highest BCUT2D eigenvalue weighted by Crippen LogP contribution is 2.41. The molecule has 4 nitrogen and oxygen atoms in total. The van der Waals surface area contributed by atoms with Crippen LogP contribution in [0.2, 0.25) is 0 Å². The Bertz CT molecular complexity index is 587. The molecular weight excluding hydrogens is 264 g/mol. The molecule has 0 aromatic heterocycles. The summed E-state index contributed by atoms with van der Waals surface area (Å²) >= 11 is 0. The molecule has 1 aliphatic carbocycles. The Morgan fingerprint density at radius 1 is 1.05 bits per heavy atom. The highest BCUT2D eigenvalue weighted by atomic mass is 16.2. The van der Waals surface area contributed by atoms with Crippen LogP contribution in [0, 0.1) is 11.8 Å². The molecule has 2 unspecified atom stereocenters. The topological polar surface area (TPSA) is 49.4 Å². The third-order valence-electron chi connectivity index (χ3n) is 5.20. The molecule has 1 saturated heterocycles. The van der Waals surface area contributed by atoms with Crippen LogP contribution in [0.4, 0.5) is 5.69 Å². The van der Waals surface area contributed by atoms with Crippen molar-refractivity contribution in [3.05, 3.63) is 29.3 Å². The van der Waals surface area contributed by atoms with Gasteiger partial charge in [-0.05, 0) is 43.0 Å². The van der Waals surface area contributed by atoms with E-state index in [2.05, 4.69) is 11.4 Å². The molecule has 2 aliphatic heterocycles. The number of hydrogen-bond acceptors (Lipinski definition) is 3. The first-order valence-electron chi connectivity index (χ1n) is 7.96. The molecule has 0 spiro atoms. The molecule has 2 heterocycles. The van der Waals surface area contributed by atoms with Gasteiger partial charge >= 0.3 is 0 Å². The van der Waals surface area contributed by atoms with Gasteiger partial charge in [-0.25, -0.2) is 4.90 Å². The lowest BCUT2D eigenvalue weighted by Gasteiger charge is -2.24. The summed E-state index contributed by atoms with van der Waals surface area (Å²) in [5, 5.41) is 3.35. The van der Waals surface area contributed by atoms with Gasteiger partial charge in [-0.3, -0.25) is 9.59 Å². The highest BCUT2D eigenvalue weighted by molar-refractivity contribution is 6.22. The number of fused-ring (bicyclic) bond motifs is 2. The molecule has 1 saturated carbocycles. The Labute approximate surface area is 124 Å². The van der Waals surface area contributed by atoms with Crippen molar-refractivity contribution < 1.29 is 9.59 Å². The van der Waals surface area contributed by atoms with E-state index in [-0.39, 0.29) is 23.7 Å². The summed E-state index contributed by atoms with van der Waals surface area (Å²) in [6.45, 7) is 1.71. The summed E-state index contributed by atoms with van der Waals surface area (Å²) in [7, 11) is 0. The van der Waals surface area contributed by atoms with E-state index in [1.165, 1.54) is 10.5 Å². The normalized spacial score (nSPS) is 28.5. The SMILES string of the molecule is O=C1C2CCCCC2C(=O)N1c1cccc2c1CNCC2. The molecule has 110 valence electrons. The fraction of sp³-hybridized carbons (Fsp3) is 0.529. The smallest absolute Gasteiger partial charge is 0.237 e. The zero-order valence-electron chi connectivity index (χ0n) is 12.1. The molecule has 1 aromatic rings. The summed E-state index contributed by atoms with van der Waals surface area (Å²) in [4.78, 5) is 26.9. The highest BCUT2D eigenvalue weighted by Gasteiger charge is 2.49. The molecule has 21 heavy (non-hydrogen) atoms. The van der Waals surface area contributed by atoms with Gasteiger partial charge in [-0.15, -0.1) is 0 Å². The Hall–Kier alpha value is -1.68. The number of benzene rings is 1. The average Bonchev–Trinajstić information content (AvgIpc) is 2.79. The number of nitrogens with one attached hydrogen (secondary N) is 1. The summed E-state index contributed by atoms with van der Waals surface area (Å²) < 4.78 is 0. The molecule has 2 amide bonds. The number of nitrogens with zero attached hydrogens (tertiary/aromatic N) is 1. The van der Waals surface area contributed by atoms with E-state index in [1.807, 2.05) is 12.1 Å². The fourth-order valence-corrected chi connectivity index (χ4v) is 4.11. The number of hydrogen-bond donors (Lipinski definition) is 1. The Balaban J connectivity index is 1.76. The van der Waals surface area contributed by atoms with Crippen molar-refractivity contribution in [2.24, 2.45) is 11.8 Å². The number of carbonyl (C=O) groups is 2. The first-order chi connectivity index (χ1) is 10.3. The van der Waals surface area contributed by atoms with Crippen LogP contribution in [0.3, 0.4) is 0 Å². The maximum absolute atomic E-state index is 12.7. The minimum atomic E-state index is -0.0707. The van der Waals surface area contributed by atoms with Crippen molar-refractivity contribution in [1.82, 2.24) is 5.32 Å². The standard InChI is InChI=1S/C17H20N2O2/c20-16-12-5-1-2-6-13(12)17(21)19(16)15-7-3-4-11-8-9-18-10-14(11)15/h3-4,7,12-13,18H,1-2,5-6,8-10H2. The Kier molecular flexibility index (Phi) is 3.07. The summed E-state index contributed by atoms with van der Waals surface area (Å²) in [6.07, 6.45) is 4.86. The Morgan fingerprint density at radius 2 is 1.76 bits per heavy atom. The van der Waals surface area contributed by atoms with Gasteiger partial charge in [0.2, 0.25) is 11.8 Å². The van der Waals surface area contributed by atoms with Gasteiger partial charge in [-0.1, -0.05) is 25.0 Å². The van der Waals surface area contributed by atoms with Crippen molar-refractivity contribution in [1.29, 1.82) is 0 Å². The Morgan fingerprint density at radius 3 is 2.48 bits per heavy atom.